The number of rotatable bonds is 13. The van der Waals surface area contributed by atoms with Gasteiger partial charge in [-0.2, -0.15) is 13.2 Å². The number of aryl methyl sites for hydroxylation is 1. The third-order valence-corrected chi connectivity index (χ3v) is 7.32. The number of urea groups is 1. The number of amides is 3. The number of halogens is 3. The van der Waals surface area contributed by atoms with E-state index in [9.17, 15) is 32.3 Å². The number of hydrogen-bond donors (Lipinski definition) is 4. The molecule has 0 saturated carbocycles. The van der Waals surface area contributed by atoms with Gasteiger partial charge >= 0.3 is 24.1 Å². The van der Waals surface area contributed by atoms with Crippen molar-refractivity contribution in [2.75, 3.05) is 29.6 Å². The van der Waals surface area contributed by atoms with Gasteiger partial charge in [-0.15, -0.1) is 0 Å². The van der Waals surface area contributed by atoms with E-state index in [0.717, 1.165) is 11.1 Å². The normalized spacial score (nSPS) is 11.6. The Morgan fingerprint density at radius 3 is 2.12 bits per heavy atom. The van der Waals surface area contributed by atoms with Crippen molar-refractivity contribution in [3.63, 3.8) is 0 Å². The van der Waals surface area contributed by atoms with E-state index in [1.54, 1.807) is 48.5 Å². The summed E-state index contributed by atoms with van der Waals surface area (Å²) >= 11 is 0. The van der Waals surface area contributed by atoms with Gasteiger partial charge in [-0.3, -0.25) is 9.59 Å². The Morgan fingerprint density at radius 1 is 0.776 bits per heavy atom. The van der Waals surface area contributed by atoms with Gasteiger partial charge in [-0.25, -0.2) is 9.59 Å². The molecule has 4 aromatic rings. The topological polar surface area (TPSA) is 135 Å². The second-order valence-corrected chi connectivity index (χ2v) is 11.0. The van der Waals surface area contributed by atoms with Gasteiger partial charge in [0.2, 0.25) is 5.91 Å². The van der Waals surface area contributed by atoms with Crippen LogP contribution in [0.4, 0.5) is 35.0 Å². The summed E-state index contributed by atoms with van der Waals surface area (Å²) in [6.45, 7) is 2.25. The minimum Gasteiger partial charge on any atom is -0.495 e. The van der Waals surface area contributed by atoms with Gasteiger partial charge in [0.15, 0.2) is 0 Å². The lowest BCUT2D eigenvalue weighted by atomic mass is 10.0. The van der Waals surface area contributed by atoms with E-state index in [1.165, 1.54) is 7.11 Å². The third-order valence-electron chi connectivity index (χ3n) is 7.32. The predicted molar refractivity (Wildman–Crippen MR) is 178 cm³/mol. The summed E-state index contributed by atoms with van der Waals surface area (Å²) in [5.41, 5.74) is 4.56. The number of hydrogen-bond acceptors (Lipinski definition) is 7. The number of para-hydroxylation sites is 1. The molecule has 256 valence electrons. The molecule has 0 aromatic heterocycles. The van der Waals surface area contributed by atoms with E-state index < -0.39 is 36.6 Å². The monoisotopic (exact) mass is 676 g/mol. The van der Waals surface area contributed by atoms with Crippen LogP contribution in [0.3, 0.4) is 0 Å². The van der Waals surface area contributed by atoms with Gasteiger partial charge in [0.1, 0.15) is 5.75 Å². The quantitative estimate of drug-likeness (QED) is 0.0912. The standard InChI is InChI=1S/C36H35F3N4O6/c1-23-8-6-7-11-28(23)42-35(47)43-29-17-12-25(20-31(29)48-2)21-32(44)41-27-15-13-26(14-16-27)30(22-33(45)49-34(46)36(37,38)39)40-19-18-24-9-4-3-5-10-24/h3-17,20,30,40H,18-19,21-22H2,1-2H3,(H,41,44)(H2,42,43,47). The Labute approximate surface area is 281 Å². The zero-order valence-electron chi connectivity index (χ0n) is 26.7. The van der Waals surface area contributed by atoms with Crippen LogP contribution in [0.5, 0.6) is 5.75 Å². The number of nitrogens with one attached hydrogen (secondary N) is 4. The molecule has 1 unspecified atom stereocenters. The van der Waals surface area contributed by atoms with Crippen LogP contribution in [0.15, 0.2) is 97.1 Å². The van der Waals surface area contributed by atoms with Crippen LogP contribution in [-0.4, -0.2) is 43.7 Å². The molecule has 4 aromatic carbocycles. The van der Waals surface area contributed by atoms with E-state index in [-0.39, 0.29) is 12.3 Å². The fourth-order valence-corrected chi connectivity index (χ4v) is 4.84. The molecule has 3 amide bonds. The highest BCUT2D eigenvalue weighted by Crippen LogP contribution is 2.27. The molecule has 1 atom stereocenters. The first-order chi connectivity index (χ1) is 23.4. The van der Waals surface area contributed by atoms with Crippen molar-refractivity contribution in [1.29, 1.82) is 0 Å². The second-order valence-electron chi connectivity index (χ2n) is 11.0. The molecule has 0 fully saturated rings. The van der Waals surface area contributed by atoms with E-state index in [4.69, 9.17) is 4.74 Å². The minimum atomic E-state index is -5.30. The summed E-state index contributed by atoms with van der Waals surface area (Å²) in [7, 11) is 1.45. The molecule has 0 saturated heterocycles. The highest BCUT2D eigenvalue weighted by Gasteiger charge is 2.42. The van der Waals surface area contributed by atoms with Crippen LogP contribution in [0.1, 0.15) is 34.7 Å². The van der Waals surface area contributed by atoms with Crippen LogP contribution in [0.25, 0.3) is 0 Å². The van der Waals surface area contributed by atoms with Crippen LogP contribution < -0.4 is 26.0 Å². The predicted octanol–water partition coefficient (Wildman–Crippen LogP) is 6.72. The molecule has 0 radical (unpaired) electrons. The minimum absolute atomic E-state index is 0.0173. The Morgan fingerprint density at radius 2 is 1.45 bits per heavy atom. The molecular weight excluding hydrogens is 641 g/mol. The van der Waals surface area contributed by atoms with Gasteiger partial charge in [0.05, 0.1) is 25.6 Å². The van der Waals surface area contributed by atoms with Crippen molar-refractivity contribution < 1.29 is 41.8 Å². The van der Waals surface area contributed by atoms with E-state index in [2.05, 4.69) is 26.0 Å². The average molecular weight is 677 g/mol. The molecule has 13 heteroatoms. The van der Waals surface area contributed by atoms with Gasteiger partial charge < -0.3 is 30.7 Å². The van der Waals surface area contributed by atoms with E-state index >= 15 is 0 Å². The Bertz CT molecular complexity index is 1770. The zero-order valence-corrected chi connectivity index (χ0v) is 26.7. The van der Waals surface area contributed by atoms with Crippen molar-refractivity contribution in [1.82, 2.24) is 5.32 Å². The first kappa shape index (κ1) is 36.2. The Balaban J connectivity index is 1.37. The Hall–Kier alpha value is -5.69. The first-order valence-electron chi connectivity index (χ1n) is 15.2. The molecule has 4 rings (SSSR count). The molecule has 4 N–H and O–H groups in total. The number of alkyl halides is 3. The molecule has 0 aliphatic rings. The largest absolute Gasteiger partial charge is 0.495 e. The lowest BCUT2D eigenvalue weighted by Gasteiger charge is -2.19. The van der Waals surface area contributed by atoms with Gasteiger partial charge in [0, 0.05) is 17.4 Å². The number of carbonyl (C=O) groups is 4. The van der Waals surface area contributed by atoms with Crippen molar-refractivity contribution in [2.45, 2.75) is 38.4 Å². The molecule has 0 aliphatic carbocycles. The second kappa shape index (κ2) is 16.9. The summed E-state index contributed by atoms with van der Waals surface area (Å²) in [4.78, 5) is 48.8. The Kier molecular flexibility index (Phi) is 12.5. The van der Waals surface area contributed by atoms with Crippen LogP contribution in [-0.2, 0) is 32.0 Å². The molecule has 49 heavy (non-hydrogen) atoms. The number of anilines is 3. The van der Waals surface area contributed by atoms with Crippen LogP contribution >= 0.6 is 0 Å². The molecule has 0 aliphatic heterocycles. The SMILES string of the molecule is COc1cc(CC(=O)Nc2ccc(C(CC(=O)OC(=O)C(F)(F)F)NCCc3ccccc3)cc2)ccc1NC(=O)Nc1ccccc1C. The summed E-state index contributed by atoms with van der Waals surface area (Å²) in [5, 5.41) is 11.4. The van der Waals surface area contributed by atoms with E-state index in [0.29, 0.717) is 46.9 Å². The molecule has 0 heterocycles. The molecule has 0 spiro atoms. The maximum Gasteiger partial charge on any atom is 0.491 e. The maximum absolute atomic E-state index is 12.9. The highest BCUT2D eigenvalue weighted by atomic mass is 19.4. The lowest BCUT2D eigenvalue weighted by molar-refractivity contribution is -0.202. The average Bonchev–Trinajstić information content (AvgIpc) is 3.06. The van der Waals surface area contributed by atoms with Crippen molar-refractivity contribution in [3.05, 3.63) is 119 Å². The molecule has 10 nitrogen and oxygen atoms in total. The van der Waals surface area contributed by atoms with Gasteiger partial charge in [0.25, 0.3) is 0 Å². The number of esters is 2. The zero-order chi connectivity index (χ0) is 35.4. The van der Waals surface area contributed by atoms with Gasteiger partial charge in [-0.1, -0.05) is 66.7 Å². The smallest absolute Gasteiger partial charge is 0.491 e. The number of methoxy groups -OCH3 is 1. The summed E-state index contributed by atoms with van der Waals surface area (Å²) < 4.78 is 47.3. The number of carbonyl (C=O) groups excluding carboxylic acids is 4. The maximum atomic E-state index is 12.9. The summed E-state index contributed by atoms with van der Waals surface area (Å²) in [6, 6.07) is 26.9. The molecular formula is C36H35F3N4O6. The fraction of sp³-hybridized carbons (Fsp3) is 0.222. The van der Waals surface area contributed by atoms with Crippen LogP contribution in [0, 0.1) is 6.92 Å². The number of ether oxygens (including phenoxy) is 2. The van der Waals surface area contributed by atoms with Crippen molar-refractivity contribution >= 4 is 40.9 Å². The summed E-state index contributed by atoms with van der Waals surface area (Å²) in [5.74, 6) is -3.90. The third kappa shape index (κ3) is 11.2. The number of benzene rings is 4. The highest BCUT2D eigenvalue weighted by molar-refractivity contribution is 6.01. The molecule has 0 bridgehead atoms. The van der Waals surface area contributed by atoms with Crippen molar-refractivity contribution in [2.24, 2.45) is 0 Å². The fourth-order valence-electron chi connectivity index (χ4n) is 4.84. The van der Waals surface area contributed by atoms with Crippen LogP contribution in [0.2, 0.25) is 0 Å². The van der Waals surface area contributed by atoms with Gasteiger partial charge in [-0.05, 0) is 72.5 Å². The summed E-state index contributed by atoms with van der Waals surface area (Å²) in [6.07, 6.45) is -5.28. The lowest BCUT2D eigenvalue weighted by Crippen LogP contribution is -2.31. The van der Waals surface area contributed by atoms with E-state index in [1.807, 2.05) is 55.5 Å². The first-order valence-corrected chi connectivity index (χ1v) is 15.2. The van der Waals surface area contributed by atoms with Crippen molar-refractivity contribution in [3.8, 4) is 5.75 Å².